The van der Waals surface area contributed by atoms with Gasteiger partial charge in [-0.25, -0.2) is 4.98 Å². The van der Waals surface area contributed by atoms with Crippen LogP contribution in [0.2, 0.25) is 0 Å². The van der Waals surface area contributed by atoms with Crippen LogP contribution in [-0.2, 0) is 4.79 Å². The van der Waals surface area contributed by atoms with Gasteiger partial charge in [-0.05, 0) is 49.9 Å². The van der Waals surface area contributed by atoms with Crippen molar-refractivity contribution in [2.75, 3.05) is 12.4 Å². The van der Waals surface area contributed by atoms with E-state index in [4.69, 9.17) is 0 Å². The second-order valence-corrected chi connectivity index (χ2v) is 5.84. The Morgan fingerprint density at radius 2 is 1.90 bits per heavy atom. The molecule has 0 aliphatic heterocycles. The standard InChI is InChI=1S/C16H19N3OS/c1-11(17-3)13-4-9-16(18-10-13)21-15-7-5-14(6-8-15)19-12(2)20/h4-11,17H,1-3H3,(H,19,20). The van der Waals surface area contributed by atoms with Crippen LogP contribution < -0.4 is 10.6 Å². The quantitative estimate of drug-likeness (QED) is 0.888. The van der Waals surface area contributed by atoms with E-state index in [1.165, 1.54) is 12.5 Å². The molecule has 0 fully saturated rings. The van der Waals surface area contributed by atoms with Crippen molar-refractivity contribution in [2.24, 2.45) is 0 Å². The highest BCUT2D eigenvalue weighted by molar-refractivity contribution is 7.99. The van der Waals surface area contributed by atoms with Crippen molar-refractivity contribution in [1.82, 2.24) is 10.3 Å². The molecule has 1 unspecified atom stereocenters. The van der Waals surface area contributed by atoms with E-state index in [1.807, 2.05) is 43.6 Å². The molecule has 0 bridgehead atoms. The molecule has 0 spiro atoms. The summed E-state index contributed by atoms with van der Waals surface area (Å²) in [6.07, 6.45) is 1.90. The van der Waals surface area contributed by atoms with Crippen molar-refractivity contribution >= 4 is 23.4 Å². The molecule has 0 saturated carbocycles. The van der Waals surface area contributed by atoms with E-state index in [9.17, 15) is 4.79 Å². The SMILES string of the molecule is CNC(C)c1ccc(Sc2ccc(NC(C)=O)cc2)nc1. The normalized spacial score (nSPS) is 12.0. The molecule has 21 heavy (non-hydrogen) atoms. The monoisotopic (exact) mass is 301 g/mol. The summed E-state index contributed by atoms with van der Waals surface area (Å²) in [6.45, 7) is 3.60. The molecule has 1 amide bonds. The number of amides is 1. The van der Waals surface area contributed by atoms with Gasteiger partial charge < -0.3 is 10.6 Å². The number of carbonyl (C=O) groups is 1. The first-order chi connectivity index (χ1) is 10.1. The Hall–Kier alpha value is -1.85. The number of hydrogen-bond donors (Lipinski definition) is 2. The average Bonchev–Trinajstić information content (AvgIpc) is 2.49. The molecule has 0 saturated heterocycles. The van der Waals surface area contributed by atoms with E-state index < -0.39 is 0 Å². The highest BCUT2D eigenvalue weighted by atomic mass is 32.2. The third kappa shape index (κ3) is 4.58. The van der Waals surface area contributed by atoms with Crippen molar-refractivity contribution in [3.63, 3.8) is 0 Å². The summed E-state index contributed by atoms with van der Waals surface area (Å²) in [7, 11) is 1.93. The fourth-order valence-electron chi connectivity index (χ4n) is 1.81. The molecule has 2 aromatic rings. The van der Waals surface area contributed by atoms with E-state index >= 15 is 0 Å². The van der Waals surface area contributed by atoms with Crippen LogP contribution in [0.1, 0.15) is 25.5 Å². The molecular formula is C16H19N3OS. The third-order valence-electron chi connectivity index (χ3n) is 3.09. The van der Waals surface area contributed by atoms with Gasteiger partial charge in [0.25, 0.3) is 0 Å². The Bertz CT molecular complexity index is 596. The Kier molecular flexibility index (Phi) is 5.36. The third-order valence-corrected chi connectivity index (χ3v) is 4.05. The predicted molar refractivity (Wildman–Crippen MR) is 86.6 cm³/mol. The number of nitrogens with one attached hydrogen (secondary N) is 2. The van der Waals surface area contributed by atoms with Crippen LogP contribution in [0.25, 0.3) is 0 Å². The second kappa shape index (κ2) is 7.24. The van der Waals surface area contributed by atoms with Crippen LogP contribution in [0.5, 0.6) is 0 Å². The van der Waals surface area contributed by atoms with Crippen molar-refractivity contribution in [3.05, 3.63) is 48.2 Å². The fourth-order valence-corrected chi connectivity index (χ4v) is 2.56. The smallest absolute Gasteiger partial charge is 0.221 e. The minimum Gasteiger partial charge on any atom is -0.326 e. The van der Waals surface area contributed by atoms with Crippen molar-refractivity contribution in [1.29, 1.82) is 0 Å². The number of aromatic nitrogens is 1. The summed E-state index contributed by atoms with van der Waals surface area (Å²) in [5, 5.41) is 6.90. The Labute approximate surface area is 129 Å². The van der Waals surface area contributed by atoms with Gasteiger partial charge in [-0.3, -0.25) is 4.79 Å². The van der Waals surface area contributed by atoms with Crippen molar-refractivity contribution in [2.45, 2.75) is 29.8 Å². The molecule has 2 rings (SSSR count). The predicted octanol–water partition coefficient (Wildman–Crippen LogP) is 3.47. The largest absolute Gasteiger partial charge is 0.326 e. The molecular weight excluding hydrogens is 282 g/mol. The van der Waals surface area contributed by atoms with E-state index in [0.717, 1.165) is 15.6 Å². The Morgan fingerprint density at radius 1 is 1.19 bits per heavy atom. The Morgan fingerprint density at radius 3 is 2.43 bits per heavy atom. The van der Waals surface area contributed by atoms with Gasteiger partial charge in [0.15, 0.2) is 0 Å². The number of rotatable bonds is 5. The molecule has 1 heterocycles. The van der Waals surface area contributed by atoms with E-state index in [-0.39, 0.29) is 5.91 Å². The van der Waals surface area contributed by atoms with E-state index in [1.54, 1.807) is 11.8 Å². The minimum atomic E-state index is -0.0636. The molecule has 1 aromatic carbocycles. The van der Waals surface area contributed by atoms with Crippen molar-refractivity contribution in [3.8, 4) is 0 Å². The highest BCUT2D eigenvalue weighted by Gasteiger charge is 2.04. The maximum Gasteiger partial charge on any atom is 0.221 e. The lowest BCUT2D eigenvalue weighted by Gasteiger charge is -2.10. The van der Waals surface area contributed by atoms with E-state index in [2.05, 4.69) is 28.6 Å². The second-order valence-electron chi connectivity index (χ2n) is 4.75. The lowest BCUT2D eigenvalue weighted by atomic mass is 10.1. The number of benzene rings is 1. The summed E-state index contributed by atoms with van der Waals surface area (Å²) < 4.78 is 0. The van der Waals surface area contributed by atoms with Gasteiger partial charge in [0, 0.05) is 29.7 Å². The molecule has 1 aromatic heterocycles. The highest BCUT2D eigenvalue weighted by Crippen LogP contribution is 2.27. The number of anilines is 1. The number of pyridine rings is 1. The van der Waals surface area contributed by atoms with Crippen LogP contribution in [0, 0.1) is 0 Å². The van der Waals surface area contributed by atoms with Crippen molar-refractivity contribution < 1.29 is 4.79 Å². The van der Waals surface area contributed by atoms with Gasteiger partial charge in [0.05, 0.1) is 0 Å². The lowest BCUT2D eigenvalue weighted by molar-refractivity contribution is -0.114. The topological polar surface area (TPSA) is 54.0 Å². The minimum absolute atomic E-state index is 0.0636. The number of hydrogen-bond acceptors (Lipinski definition) is 4. The summed E-state index contributed by atoms with van der Waals surface area (Å²) in [5.41, 5.74) is 1.97. The molecule has 0 radical (unpaired) electrons. The van der Waals surface area contributed by atoms with Crippen LogP contribution in [0.4, 0.5) is 5.69 Å². The van der Waals surface area contributed by atoms with Gasteiger partial charge >= 0.3 is 0 Å². The summed E-state index contributed by atoms with van der Waals surface area (Å²) >= 11 is 1.60. The molecule has 2 N–H and O–H groups in total. The fraction of sp³-hybridized carbons (Fsp3) is 0.250. The zero-order chi connectivity index (χ0) is 15.2. The average molecular weight is 301 g/mol. The van der Waals surface area contributed by atoms with Crippen LogP contribution in [-0.4, -0.2) is 17.9 Å². The first-order valence-electron chi connectivity index (χ1n) is 6.77. The molecule has 0 aliphatic rings. The maximum absolute atomic E-state index is 11.0. The first kappa shape index (κ1) is 15.5. The maximum atomic E-state index is 11.0. The van der Waals surface area contributed by atoms with Gasteiger partial charge in [-0.15, -0.1) is 0 Å². The van der Waals surface area contributed by atoms with Crippen LogP contribution in [0.15, 0.2) is 52.5 Å². The van der Waals surface area contributed by atoms with Gasteiger partial charge in [-0.1, -0.05) is 17.8 Å². The lowest BCUT2D eigenvalue weighted by Crippen LogP contribution is -2.12. The van der Waals surface area contributed by atoms with Gasteiger partial charge in [0.2, 0.25) is 5.91 Å². The summed E-state index contributed by atoms with van der Waals surface area (Å²) in [5.74, 6) is -0.0636. The molecule has 0 aliphatic carbocycles. The van der Waals surface area contributed by atoms with E-state index in [0.29, 0.717) is 6.04 Å². The molecule has 5 heteroatoms. The molecule has 110 valence electrons. The number of nitrogens with zero attached hydrogens (tertiary/aromatic N) is 1. The van der Waals surface area contributed by atoms with Crippen LogP contribution in [0.3, 0.4) is 0 Å². The number of carbonyl (C=O) groups excluding carboxylic acids is 1. The first-order valence-corrected chi connectivity index (χ1v) is 7.59. The van der Waals surface area contributed by atoms with Crippen LogP contribution >= 0.6 is 11.8 Å². The summed E-state index contributed by atoms with van der Waals surface area (Å²) in [4.78, 5) is 16.5. The zero-order valence-corrected chi connectivity index (χ0v) is 13.2. The van der Waals surface area contributed by atoms with Gasteiger partial charge in [0.1, 0.15) is 5.03 Å². The summed E-state index contributed by atoms with van der Waals surface area (Å²) in [6, 6.07) is 12.1. The van der Waals surface area contributed by atoms with Gasteiger partial charge in [-0.2, -0.15) is 0 Å². The molecule has 1 atom stereocenters. The molecule has 4 nitrogen and oxygen atoms in total. The Balaban J connectivity index is 2.02. The zero-order valence-electron chi connectivity index (χ0n) is 12.4.